The topological polar surface area (TPSA) is 86.5 Å². The van der Waals surface area contributed by atoms with E-state index in [1.165, 1.54) is 18.4 Å². The SMILES string of the molecule is COc1ccc(-c2nc(CS(=O)(=O)CC(=O)CCCC3=CCCCC3)c(C)o2)cc1. The van der Waals surface area contributed by atoms with Crippen LogP contribution < -0.4 is 4.74 Å². The molecule has 0 saturated heterocycles. The number of rotatable bonds is 10. The summed E-state index contributed by atoms with van der Waals surface area (Å²) in [5.41, 5.74) is 2.48. The molecule has 3 rings (SSSR count). The van der Waals surface area contributed by atoms with Gasteiger partial charge in [-0.3, -0.25) is 4.79 Å². The largest absolute Gasteiger partial charge is 0.497 e. The van der Waals surface area contributed by atoms with E-state index in [1.54, 1.807) is 38.3 Å². The number of aromatic nitrogens is 1. The Morgan fingerprint density at radius 2 is 1.97 bits per heavy atom. The fraction of sp³-hybridized carbons (Fsp3) is 0.478. The highest BCUT2D eigenvalue weighted by molar-refractivity contribution is 7.91. The summed E-state index contributed by atoms with van der Waals surface area (Å²) in [5, 5.41) is 0. The maximum absolute atomic E-state index is 12.5. The monoisotopic (exact) mass is 431 g/mol. The fourth-order valence-corrected chi connectivity index (χ4v) is 5.06. The minimum absolute atomic E-state index is 0.233. The minimum Gasteiger partial charge on any atom is -0.497 e. The molecule has 1 aliphatic carbocycles. The molecule has 1 aromatic carbocycles. The van der Waals surface area contributed by atoms with Gasteiger partial charge in [-0.25, -0.2) is 13.4 Å². The number of hydrogen-bond donors (Lipinski definition) is 0. The molecule has 30 heavy (non-hydrogen) atoms. The molecule has 1 heterocycles. The Labute approximate surface area is 178 Å². The van der Waals surface area contributed by atoms with Gasteiger partial charge in [0.1, 0.15) is 23.0 Å². The Morgan fingerprint density at radius 3 is 2.63 bits per heavy atom. The van der Waals surface area contributed by atoms with Crippen molar-refractivity contribution in [3.63, 3.8) is 0 Å². The molecule has 0 radical (unpaired) electrons. The van der Waals surface area contributed by atoms with Crippen molar-refractivity contribution < 1.29 is 22.4 Å². The first kappa shape index (κ1) is 22.3. The molecule has 0 N–H and O–H groups in total. The molecule has 0 spiro atoms. The summed E-state index contributed by atoms with van der Waals surface area (Å²) >= 11 is 0. The Bertz CT molecular complexity index is 1000. The van der Waals surface area contributed by atoms with Gasteiger partial charge in [0.05, 0.1) is 18.6 Å². The maximum atomic E-state index is 12.5. The number of methoxy groups -OCH3 is 1. The lowest BCUT2D eigenvalue weighted by Gasteiger charge is -2.12. The number of benzene rings is 1. The zero-order valence-corrected chi connectivity index (χ0v) is 18.5. The third-order valence-corrected chi connectivity index (χ3v) is 6.78. The third kappa shape index (κ3) is 6.29. The van der Waals surface area contributed by atoms with E-state index in [9.17, 15) is 13.2 Å². The van der Waals surface area contributed by atoms with Crippen LogP contribution in [-0.2, 0) is 20.4 Å². The van der Waals surface area contributed by atoms with Gasteiger partial charge in [0.2, 0.25) is 5.89 Å². The molecule has 0 atom stereocenters. The number of carbonyl (C=O) groups is 1. The quantitative estimate of drug-likeness (QED) is 0.502. The average Bonchev–Trinajstić information content (AvgIpc) is 3.08. The molecule has 162 valence electrons. The number of carbonyl (C=O) groups excluding carboxylic acids is 1. The smallest absolute Gasteiger partial charge is 0.226 e. The van der Waals surface area contributed by atoms with E-state index in [2.05, 4.69) is 11.1 Å². The normalized spacial score (nSPS) is 14.4. The summed E-state index contributed by atoms with van der Waals surface area (Å²) in [6.45, 7) is 1.69. The molecule has 6 nitrogen and oxygen atoms in total. The van der Waals surface area contributed by atoms with Crippen LogP contribution in [0.2, 0.25) is 0 Å². The zero-order chi connectivity index (χ0) is 21.6. The standard InChI is InChI=1S/C23H29NO5S/c1-17-22(24-23(29-17)19-11-13-21(28-2)14-12-19)16-30(26,27)15-20(25)10-6-9-18-7-4-3-5-8-18/h7,11-14H,3-6,8-10,15-16H2,1-2H3. The second-order valence-electron chi connectivity index (χ2n) is 7.78. The van der Waals surface area contributed by atoms with Crippen LogP contribution in [0.3, 0.4) is 0 Å². The first-order chi connectivity index (χ1) is 14.4. The van der Waals surface area contributed by atoms with E-state index >= 15 is 0 Å². The molecule has 0 bridgehead atoms. The summed E-state index contributed by atoms with van der Waals surface area (Å²) < 4.78 is 35.8. The molecule has 1 aromatic heterocycles. The Morgan fingerprint density at radius 1 is 1.20 bits per heavy atom. The molecule has 0 amide bonds. The number of ketones is 1. The first-order valence-corrected chi connectivity index (χ1v) is 12.2. The number of hydrogen-bond acceptors (Lipinski definition) is 6. The number of sulfone groups is 1. The van der Waals surface area contributed by atoms with Gasteiger partial charge in [0.25, 0.3) is 0 Å². The summed E-state index contributed by atoms with van der Waals surface area (Å²) in [6, 6.07) is 7.17. The minimum atomic E-state index is -3.60. The van der Waals surface area contributed by atoms with Crippen molar-refractivity contribution in [2.75, 3.05) is 12.9 Å². The highest BCUT2D eigenvalue weighted by Crippen LogP contribution is 2.25. The van der Waals surface area contributed by atoms with Crippen molar-refractivity contribution in [2.45, 2.75) is 57.6 Å². The highest BCUT2D eigenvalue weighted by atomic mass is 32.2. The average molecular weight is 432 g/mol. The molecular formula is C23H29NO5S. The van der Waals surface area contributed by atoms with Crippen molar-refractivity contribution in [3.05, 3.63) is 47.4 Å². The van der Waals surface area contributed by atoms with E-state index in [4.69, 9.17) is 9.15 Å². The van der Waals surface area contributed by atoms with Crippen molar-refractivity contribution in [2.24, 2.45) is 0 Å². The van der Waals surface area contributed by atoms with E-state index in [0.717, 1.165) is 24.8 Å². The van der Waals surface area contributed by atoms with Crippen LogP contribution in [-0.4, -0.2) is 32.0 Å². The lowest BCUT2D eigenvalue weighted by molar-refractivity contribution is -0.116. The molecular weight excluding hydrogens is 402 g/mol. The van der Waals surface area contributed by atoms with Gasteiger partial charge >= 0.3 is 0 Å². The second kappa shape index (κ2) is 10.1. The van der Waals surface area contributed by atoms with E-state index < -0.39 is 15.6 Å². The van der Waals surface area contributed by atoms with Gasteiger partial charge in [-0.1, -0.05) is 11.6 Å². The van der Waals surface area contributed by atoms with E-state index in [1.807, 2.05) is 0 Å². The van der Waals surface area contributed by atoms with Gasteiger partial charge in [0, 0.05) is 12.0 Å². The fourth-order valence-electron chi connectivity index (χ4n) is 3.64. The summed E-state index contributed by atoms with van der Waals surface area (Å²) in [4.78, 5) is 16.6. The van der Waals surface area contributed by atoms with Crippen molar-refractivity contribution >= 4 is 15.6 Å². The van der Waals surface area contributed by atoms with E-state index in [-0.39, 0.29) is 11.5 Å². The summed E-state index contributed by atoms with van der Waals surface area (Å²) in [5.74, 6) is 0.533. The highest BCUT2D eigenvalue weighted by Gasteiger charge is 2.22. The molecule has 0 fully saturated rings. The second-order valence-corrected chi connectivity index (χ2v) is 9.85. The van der Waals surface area contributed by atoms with Crippen molar-refractivity contribution in [1.82, 2.24) is 4.98 Å². The lowest BCUT2D eigenvalue weighted by Crippen LogP contribution is -2.18. The zero-order valence-electron chi connectivity index (χ0n) is 17.6. The van der Waals surface area contributed by atoms with E-state index in [0.29, 0.717) is 35.9 Å². The van der Waals surface area contributed by atoms with Gasteiger partial charge < -0.3 is 9.15 Å². The van der Waals surface area contributed by atoms with Gasteiger partial charge in [0.15, 0.2) is 9.84 Å². The maximum Gasteiger partial charge on any atom is 0.226 e. The van der Waals surface area contributed by atoms with Crippen molar-refractivity contribution in [3.8, 4) is 17.2 Å². The van der Waals surface area contributed by atoms with Crippen LogP contribution in [0.15, 0.2) is 40.3 Å². The molecule has 7 heteroatoms. The van der Waals surface area contributed by atoms with Crippen LogP contribution in [0, 0.1) is 6.92 Å². The number of Topliss-reactive ketones (excluding diaryl/α,β-unsaturated/α-hetero) is 1. The summed E-state index contributed by atoms with van der Waals surface area (Å²) in [7, 11) is -2.01. The molecule has 0 unspecified atom stereocenters. The predicted octanol–water partition coefficient (Wildman–Crippen LogP) is 4.81. The Balaban J connectivity index is 1.55. The molecule has 0 saturated carbocycles. The van der Waals surface area contributed by atoms with Crippen molar-refractivity contribution in [1.29, 1.82) is 0 Å². The third-order valence-electron chi connectivity index (χ3n) is 5.31. The van der Waals surface area contributed by atoms with Crippen LogP contribution in [0.5, 0.6) is 5.75 Å². The number of oxazole rings is 1. The number of allylic oxidation sites excluding steroid dienone is 2. The Kier molecular flexibility index (Phi) is 7.48. The van der Waals surface area contributed by atoms with Crippen LogP contribution in [0.4, 0.5) is 0 Å². The first-order valence-electron chi connectivity index (χ1n) is 10.4. The molecule has 0 aliphatic heterocycles. The Hall–Kier alpha value is -2.41. The van der Waals surface area contributed by atoms with Crippen LogP contribution >= 0.6 is 0 Å². The number of aryl methyl sites for hydroxylation is 1. The number of ether oxygens (including phenoxy) is 1. The predicted molar refractivity (Wildman–Crippen MR) is 116 cm³/mol. The lowest BCUT2D eigenvalue weighted by atomic mass is 9.95. The molecule has 1 aliphatic rings. The van der Waals surface area contributed by atoms with Gasteiger partial charge in [-0.2, -0.15) is 0 Å². The van der Waals surface area contributed by atoms with Crippen LogP contribution in [0.25, 0.3) is 11.5 Å². The van der Waals surface area contributed by atoms with Crippen LogP contribution in [0.1, 0.15) is 56.4 Å². The van der Waals surface area contributed by atoms with Gasteiger partial charge in [-0.05, 0) is 69.7 Å². The number of nitrogens with zero attached hydrogens (tertiary/aromatic N) is 1. The summed E-state index contributed by atoms with van der Waals surface area (Å²) in [6.07, 6.45) is 8.84. The van der Waals surface area contributed by atoms with Gasteiger partial charge in [-0.15, -0.1) is 0 Å². The molecule has 2 aromatic rings.